The lowest BCUT2D eigenvalue weighted by molar-refractivity contribution is 0.0995. The first-order valence-corrected chi connectivity index (χ1v) is 11.3. The van der Waals surface area contributed by atoms with Crippen LogP contribution in [0.4, 0.5) is 11.4 Å². The zero-order valence-electron chi connectivity index (χ0n) is 18.8. The third-order valence-electron chi connectivity index (χ3n) is 5.68. The van der Waals surface area contributed by atoms with Gasteiger partial charge in [0.05, 0.1) is 18.4 Å². The third kappa shape index (κ3) is 4.56. The Bertz CT molecular complexity index is 1410. The number of nitrogens with zero attached hydrogens (tertiary/aromatic N) is 1. The molecule has 1 N–H and O–H groups in total. The number of ether oxygens (including phenoxy) is 2. The SMILES string of the molecule is COc1ccccc1C(=O)Nc1ccc(C(=O)N2C=C3CC(Cl)=CC=C3Oc3ccccc32)cc1. The molecule has 0 atom stereocenters. The summed E-state index contributed by atoms with van der Waals surface area (Å²) < 4.78 is 11.4. The number of para-hydroxylation sites is 3. The van der Waals surface area contributed by atoms with Gasteiger partial charge in [-0.15, -0.1) is 0 Å². The molecule has 1 aliphatic carbocycles. The second-order valence-electron chi connectivity index (χ2n) is 7.95. The van der Waals surface area contributed by atoms with Crippen LogP contribution in [-0.2, 0) is 0 Å². The molecule has 2 amide bonds. The van der Waals surface area contributed by atoms with Crippen molar-refractivity contribution in [1.29, 1.82) is 0 Å². The molecule has 0 unspecified atom stereocenters. The maximum atomic E-state index is 13.6. The number of nitrogens with one attached hydrogen (secondary N) is 1. The van der Waals surface area contributed by atoms with Gasteiger partial charge in [-0.1, -0.05) is 35.9 Å². The largest absolute Gasteiger partial charge is 0.496 e. The highest BCUT2D eigenvalue weighted by Crippen LogP contribution is 2.39. The van der Waals surface area contributed by atoms with Crippen molar-refractivity contribution in [2.45, 2.75) is 6.42 Å². The van der Waals surface area contributed by atoms with E-state index in [1.54, 1.807) is 65.7 Å². The molecule has 0 radical (unpaired) electrons. The van der Waals surface area contributed by atoms with Gasteiger partial charge in [-0.25, -0.2) is 0 Å². The zero-order valence-corrected chi connectivity index (χ0v) is 19.6. The molecule has 0 saturated carbocycles. The van der Waals surface area contributed by atoms with Crippen LogP contribution in [0, 0.1) is 0 Å². The minimum atomic E-state index is -0.300. The smallest absolute Gasteiger partial charge is 0.262 e. The molecule has 0 aromatic heterocycles. The highest BCUT2D eigenvalue weighted by molar-refractivity contribution is 6.30. The Hall–Kier alpha value is -4.29. The predicted octanol–water partition coefficient (Wildman–Crippen LogP) is 6.28. The van der Waals surface area contributed by atoms with E-state index in [9.17, 15) is 9.59 Å². The molecule has 3 aromatic carbocycles. The van der Waals surface area contributed by atoms with E-state index in [4.69, 9.17) is 21.1 Å². The number of amides is 2. The summed E-state index contributed by atoms with van der Waals surface area (Å²) in [4.78, 5) is 27.8. The number of anilines is 2. The van der Waals surface area contributed by atoms with Crippen molar-refractivity contribution in [2.24, 2.45) is 0 Å². The van der Waals surface area contributed by atoms with E-state index >= 15 is 0 Å². The van der Waals surface area contributed by atoms with Gasteiger partial charge in [-0.3, -0.25) is 14.5 Å². The van der Waals surface area contributed by atoms with Crippen molar-refractivity contribution in [1.82, 2.24) is 0 Å². The average molecular weight is 485 g/mol. The number of fused-ring (bicyclic) bond motifs is 2. The number of rotatable bonds is 4. The van der Waals surface area contributed by atoms with Crippen LogP contribution in [0.15, 0.2) is 108 Å². The zero-order chi connectivity index (χ0) is 24.4. The Labute approximate surface area is 207 Å². The molecule has 0 saturated heterocycles. The molecular formula is C28H21ClN2O4. The van der Waals surface area contributed by atoms with Crippen molar-refractivity contribution in [3.8, 4) is 11.5 Å². The van der Waals surface area contributed by atoms with E-state index in [1.807, 2.05) is 30.3 Å². The Balaban J connectivity index is 1.41. The summed E-state index contributed by atoms with van der Waals surface area (Å²) in [7, 11) is 1.52. The monoisotopic (exact) mass is 484 g/mol. The van der Waals surface area contributed by atoms with E-state index in [-0.39, 0.29) is 11.8 Å². The predicted molar refractivity (Wildman–Crippen MR) is 136 cm³/mol. The van der Waals surface area contributed by atoms with Crippen LogP contribution in [0.1, 0.15) is 27.1 Å². The Morgan fingerprint density at radius 3 is 2.51 bits per heavy atom. The minimum Gasteiger partial charge on any atom is -0.496 e. The van der Waals surface area contributed by atoms with Gasteiger partial charge in [-0.2, -0.15) is 0 Å². The minimum absolute atomic E-state index is 0.233. The number of hydrogen-bond donors (Lipinski definition) is 1. The van der Waals surface area contributed by atoms with E-state index in [1.165, 1.54) is 7.11 Å². The first-order chi connectivity index (χ1) is 17.0. The molecule has 0 fully saturated rings. The first kappa shape index (κ1) is 22.5. The number of halogens is 1. The topological polar surface area (TPSA) is 67.9 Å². The normalized spacial score (nSPS) is 14.2. The van der Waals surface area contributed by atoms with Crippen molar-refractivity contribution < 1.29 is 19.1 Å². The van der Waals surface area contributed by atoms with Crippen molar-refractivity contribution in [3.63, 3.8) is 0 Å². The number of carbonyl (C=O) groups excluding carboxylic acids is 2. The molecule has 2 aliphatic rings. The van der Waals surface area contributed by atoms with E-state index in [0.29, 0.717) is 51.2 Å². The van der Waals surface area contributed by atoms with Gasteiger partial charge >= 0.3 is 0 Å². The van der Waals surface area contributed by atoms with E-state index in [0.717, 1.165) is 5.57 Å². The highest BCUT2D eigenvalue weighted by atomic mass is 35.5. The number of allylic oxidation sites excluding steroid dienone is 4. The van der Waals surface area contributed by atoms with Gasteiger partial charge in [0, 0.05) is 34.5 Å². The summed E-state index contributed by atoms with van der Waals surface area (Å²) in [5.41, 5.74) is 2.88. The second-order valence-corrected chi connectivity index (χ2v) is 8.44. The molecule has 0 bridgehead atoms. The molecule has 35 heavy (non-hydrogen) atoms. The summed E-state index contributed by atoms with van der Waals surface area (Å²) >= 11 is 6.24. The molecular weight excluding hydrogens is 464 g/mol. The van der Waals surface area contributed by atoms with Gasteiger partial charge in [0.25, 0.3) is 11.8 Å². The Morgan fingerprint density at radius 1 is 0.971 bits per heavy atom. The second kappa shape index (κ2) is 9.52. The van der Waals surface area contributed by atoms with Crippen molar-refractivity contribution >= 4 is 34.8 Å². The number of benzene rings is 3. The summed E-state index contributed by atoms with van der Waals surface area (Å²) in [5, 5.41) is 3.51. The first-order valence-electron chi connectivity index (χ1n) is 11.0. The molecule has 6 nitrogen and oxygen atoms in total. The molecule has 1 heterocycles. The summed E-state index contributed by atoms with van der Waals surface area (Å²) in [5.74, 6) is 1.18. The van der Waals surface area contributed by atoms with Crippen molar-refractivity contribution in [3.05, 3.63) is 119 Å². The van der Waals surface area contributed by atoms with Crippen LogP contribution >= 0.6 is 11.6 Å². The fourth-order valence-electron chi connectivity index (χ4n) is 3.93. The molecule has 1 aliphatic heterocycles. The third-order valence-corrected chi connectivity index (χ3v) is 5.94. The van der Waals surface area contributed by atoms with Crippen LogP contribution in [0.5, 0.6) is 11.5 Å². The fourth-order valence-corrected chi connectivity index (χ4v) is 4.14. The standard InChI is InChI=1S/C28H21ClN2O4/c1-34-25-8-4-2-6-22(25)27(32)30-21-13-10-18(11-14-21)28(33)31-17-19-16-20(29)12-15-24(19)35-26-9-5-3-7-23(26)31/h2-15,17H,16H2,1H3,(H,30,32). The van der Waals surface area contributed by atoms with Crippen LogP contribution in [0.2, 0.25) is 0 Å². The van der Waals surface area contributed by atoms with E-state index < -0.39 is 0 Å². The van der Waals surface area contributed by atoms with Gasteiger partial charge in [0.2, 0.25) is 0 Å². The van der Waals surface area contributed by atoms with Gasteiger partial charge in [-0.05, 0) is 60.7 Å². The lowest BCUT2D eigenvalue weighted by Crippen LogP contribution is -2.25. The van der Waals surface area contributed by atoms with Crippen LogP contribution in [-0.4, -0.2) is 18.9 Å². The van der Waals surface area contributed by atoms with Gasteiger partial charge in [0.15, 0.2) is 5.75 Å². The van der Waals surface area contributed by atoms with Crippen LogP contribution in [0.25, 0.3) is 0 Å². The molecule has 174 valence electrons. The maximum Gasteiger partial charge on any atom is 0.262 e. The lowest BCUT2D eigenvalue weighted by atomic mass is 10.1. The van der Waals surface area contributed by atoms with E-state index in [2.05, 4.69) is 5.32 Å². The molecule has 3 aromatic rings. The van der Waals surface area contributed by atoms with Crippen molar-refractivity contribution in [2.75, 3.05) is 17.3 Å². The molecule has 0 spiro atoms. The number of methoxy groups -OCH3 is 1. The van der Waals surface area contributed by atoms with Gasteiger partial charge < -0.3 is 14.8 Å². The summed E-state index contributed by atoms with van der Waals surface area (Å²) in [6.45, 7) is 0. The number of hydrogen-bond acceptors (Lipinski definition) is 4. The summed E-state index contributed by atoms with van der Waals surface area (Å²) in [6, 6.07) is 21.1. The maximum absolute atomic E-state index is 13.6. The average Bonchev–Trinajstić information content (AvgIpc) is 3.05. The summed E-state index contributed by atoms with van der Waals surface area (Å²) in [6.07, 6.45) is 5.85. The number of carbonyl (C=O) groups is 2. The van der Waals surface area contributed by atoms with Gasteiger partial charge in [0.1, 0.15) is 11.5 Å². The Morgan fingerprint density at radius 2 is 1.71 bits per heavy atom. The highest BCUT2D eigenvalue weighted by Gasteiger charge is 2.26. The molecule has 5 rings (SSSR count). The quantitative estimate of drug-likeness (QED) is 0.473. The lowest BCUT2D eigenvalue weighted by Gasteiger charge is -2.19. The van der Waals surface area contributed by atoms with Crippen LogP contribution < -0.4 is 19.7 Å². The Kier molecular flexibility index (Phi) is 6.12. The molecule has 7 heteroatoms. The fraction of sp³-hybridized carbons (Fsp3) is 0.0714. The van der Waals surface area contributed by atoms with Crippen LogP contribution in [0.3, 0.4) is 0 Å².